The Labute approximate surface area is 175 Å². The maximum Gasteiger partial charge on any atom is 0.317 e. The Kier molecular flexibility index (Phi) is 6.02. The van der Waals surface area contributed by atoms with Crippen LogP contribution in [0.15, 0.2) is 60.8 Å². The normalized spacial score (nSPS) is 15.8. The quantitative estimate of drug-likeness (QED) is 0.579. The number of likely N-dealkylation sites (tertiary alicyclic amines) is 1. The molecule has 1 aliphatic rings. The number of hydrogen-bond donors (Lipinski definition) is 3. The second-order valence-electron chi connectivity index (χ2n) is 7.96. The molecule has 1 unspecified atom stereocenters. The van der Waals surface area contributed by atoms with Crippen molar-refractivity contribution < 1.29 is 14.7 Å². The van der Waals surface area contributed by atoms with Crippen molar-refractivity contribution in [3.63, 3.8) is 0 Å². The van der Waals surface area contributed by atoms with Gasteiger partial charge in [0.25, 0.3) is 0 Å². The second kappa shape index (κ2) is 9.03. The fourth-order valence-corrected chi connectivity index (χ4v) is 4.28. The number of nitrogens with one attached hydrogen (secondary N) is 2. The number of aromatic amines is 1. The lowest BCUT2D eigenvalue weighted by molar-refractivity contribution is -0.141. The second-order valence-corrected chi connectivity index (χ2v) is 7.96. The number of aliphatic carboxylic acids is 1. The number of rotatable bonds is 6. The smallest absolute Gasteiger partial charge is 0.317 e. The Balaban J connectivity index is 1.31. The third-order valence-corrected chi connectivity index (χ3v) is 6.04. The largest absolute Gasteiger partial charge is 0.481 e. The fraction of sp³-hybridized carbons (Fsp3) is 0.333. The fourth-order valence-electron chi connectivity index (χ4n) is 4.28. The van der Waals surface area contributed by atoms with Crippen molar-refractivity contribution in [1.82, 2.24) is 15.2 Å². The van der Waals surface area contributed by atoms with Gasteiger partial charge in [0.2, 0.25) is 0 Å². The minimum absolute atomic E-state index is 0.117. The van der Waals surface area contributed by atoms with Crippen LogP contribution >= 0.6 is 0 Å². The SMILES string of the molecule is O=C(O)C(CNC(=O)N1CCC(c2ccccc2)CC1)Cc1c[nH]c2ccccc12. The van der Waals surface area contributed by atoms with E-state index in [0.29, 0.717) is 25.4 Å². The number of nitrogens with zero attached hydrogens (tertiary/aromatic N) is 1. The summed E-state index contributed by atoms with van der Waals surface area (Å²) in [6.07, 6.45) is 4.08. The molecule has 0 spiro atoms. The van der Waals surface area contributed by atoms with E-state index in [4.69, 9.17) is 0 Å². The summed E-state index contributed by atoms with van der Waals surface area (Å²) >= 11 is 0. The molecule has 3 aromatic rings. The van der Waals surface area contributed by atoms with Crippen molar-refractivity contribution in [2.75, 3.05) is 19.6 Å². The van der Waals surface area contributed by atoms with Crippen LogP contribution in [0.4, 0.5) is 4.79 Å². The van der Waals surface area contributed by atoms with E-state index in [0.717, 1.165) is 29.3 Å². The number of carbonyl (C=O) groups excluding carboxylic acids is 1. The van der Waals surface area contributed by atoms with Gasteiger partial charge in [0, 0.05) is 36.7 Å². The van der Waals surface area contributed by atoms with Gasteiger partial charge in [-0.15, -0.1) is 0 Å². The van der Waals surface area contributed by atoms with E-state index in [1.165, 1.54) is 5.56 Å². The molecule has 1 aliphatic heterocycles. The number of carbonyl (C=O) groups is 2. The number of carboxylic acid groups (broad SMARTS) is 1. The zero-order valence-corrected chi connectivity index (χ0v) is 16.9. The Morgan fingerprint density at radius 3 is 2.50 bits per heavy atom. The van der Waals surface area contributed by atoms with Crippen molar-refractivity contribution >= 4 is 22.9 Å². The van der Waals surface area contributed by atoms with Gasteiger partial charge < -0.3 is 20.3 Å². The number of fused-ring (bicyclic) bond motifs is 1. The molecule has 156 valence electrons. The van der Waals surface area contributed by atoms with Gasteiger partial charge in [-0.1, -0.05) is 48.5 Å². The number of para-hydroxylation sites is 1. The molecule has 2 amide bonds. The summed E-state index contributed by atoms with van der Waals surface area (Å²) in [6.45, 7) is 1.49. The van der Waals surface area contributed by atoms with E-state index in [1.54, 1.807) is 4.90 Å². The summed E-state index contributed by atoms with van der Waals surface area (Å²) in [5.74, 6) is -1.10. The van der Waals surface area contributed by atoms with Gasteiger partial charge in [-0.2, -0.15) is 0 Å². The number of carboxylic acids is 1. The van der Waals surface area contributed by atoms with E-state index >= 15 is 0 Å². The molecule has 30 heavy (non-hydrogen) atoms. The summed E-state index contributed by atoms with van der Waals surface area (Å²) < 4.78 is 0. The molecule has 4 rings (SSSR count). The van der Waals surface area contributed by atoms with Crippen molar-refractivity contribution in [3.05, 3.63) is 71.9 Å². The molecule has 1 atom stereocenters. The van der Waals surface area contributed by atoms with Crippen LogP contribution in [0.2, 0.25) is 0 Å². The van der Waals surface area contributed by atoms with E-state index in [9.17, 15) is 14.7 Å². The summed E-state index contributed by atoms with van der Waals surface area (Å²) in [7, 11) is 0. The Bertz CT molecular complexity index is 1010. The summed E-state index contributed by atoms with van der Waals surface area (Å²) in [6, 6.07) is 18.1. The first-order valence-corrected chi connectivity index (χ1v) is 10.5. The van der Waals surface area contributed by atoms with Crippen LogP contribution < -0.4 is 5.32 Å². The minimum atomic E-state index is -0.900. The maximum atomic E-state index is 12.6. The first kappa shape index (κ1) is 20.0. The monoisotopic (exact) mass is 405 g/mol. The topological polar surface area (TPSA) is 85.4 Å². The van der Waals surface area contributed by atoms with Gasteiger partial charge in [-0.05, 0) is 42.4 Å². The molecule has 2 heterocycles. The van der Waals surface area contributed by atoms with Crippen LogP contribution in [-0.4, -0.2) is 46.6 Å². The third kappa shape index (κ3) is 4.48. The van der Waals surface area contributed by atoms with Crippen molar-refractivity contribution in [3.8, 4) is 0 Å². The van der Waals surface area contributed by atoms with E-state index in [-0.39, 0.29) is 12.6 Å². The highest BCUT2D eigenvalue weighted by molar-refractivity contribution is 5.84. The zero-order chi connectivity index (χ0) is 20.9. The van der Waals surface area contributed by atoms with Crippen molar-refractivity contribution in [2.45, 2.75) is 25.2 Å². The number of hydrogen-bond acceptors (Lipinski definition) is 2. The van der Waals surface area contributed by atoms with Gasteiger partial charge in [-0.25, -0.2) is 4.79 Å². The number of amides is 2. The first-order chi connectivity index (χ1) is 14.6. The van der Waals surface area contributed by atoms with Gasteiger partial charge in [0.15, 0.2) is 0 Å². The average molecular weight is 405 g/mol. The molecule has 1 saturated heterocycles. The zero-order valence-electron chi connectivity index (χ0n) is 16.9. The summed E-state index contributed by atoms with van der Waals surface area (Å²) in [4.78, 5) is 29.3. The summed E-state index contributed by atoms with van der Waals surface area (Å²) in [5.41, 5.74) is 3.26. The summed E-state index contributed by atoms with van der Waals surface area (Å²) in [5, 5.41) is 13.5. The number of urea groups is 1. The van der Waals surface area contributed by atoms with E-state index in [2.05, 4.69) is 22.4 Å². The first-order valence-electron chi connectivity index (χ1n) is 10.5. The lowest BCUT2D eigenvalue weighted by atomic mass is 9.90. The molecule has 1 aromatic heterocycles. The van der Waals surface area contributed by atoms with Crippen molar-refractivity contribution in [1.29, 1.82) is 0 Å². The van der Waals surface area contributed by atoms with E-state index in [1.807, 2.05) is 48.7 Å². The molecular formula is C24H27N3O3. The van der Waals surface area contributed by atoms with Gasteiger partial charge in [0.05, 0.1) is 5.92 Å². The third-order valence-electron chi connectivity index (χ3n) is 6.04. The average Bonchev–Trinajstić information content (AvgIpc) is 3.20. The number of H-pyrrole nitrogens is 1. The molecule has 0 radical (unpaired) electrons. The predicted octanol–water partition coefficient (Wildman–Crippen LogP) is 4.00. The highest BCUT2D eigenvalue weighted by Gasteiger charge is 2.26. The molecule has 0 saturated carbocycles. The van der Waals surface area contributed by atoms with Crippen LogP contribution in [0.25, 0.3) is 10.9 Å². The minimum Gasteiger partial charge on any atom is -0.481 e. The number of piperidine rings is 1. The number of aromatic nitrogens is 1. The molecular weight excluding hydrogens is 378 g/mol. The van der Waals surface area contributed by atoms with Gasteiger partial charge >= 0.3 is 12.0 Å². The Morgan fingerprint density at radius 1 is 1.07 bits per heavy atom. The molecule has 6 nitrogen and oxygen atoms in total. The number of benzene rings is 2. The molecule has 3 N–H and O–H groups in total. The van der Waals surface area contributed by atoms with Crippen LogP contribution in [0, 0.1) is 5.92 Å². The maximum absolute atomic E-state index is 12.6. The van der Waals surface area contributed by atoms with Crippen LogP contribution in [0.3, 0.4) is 0 Å². The van der Waals surface area contributed by atoms with Gasteiger partial charge in [-0.3, -0.25) is 4.79 Å². The highest BCUT2D eigenvalue weighted by Crippen LogP contribution is 2.27. The Hall–Kier alpha value is -3.28. The lowest BCUT2D eigenvalue weighted by Gasteiger charge is -2.32. The van der Waals surface area contributed by atoms with Crippen LogP contribution in [-0.2, 0) is 11.2 Å². The van der Waals surface area contributed by atoms with Crippen LogP contribution in [0.5, 0.6) is 0 Å². The lowest BCUT2D eigenvalue weighted by Crippen LogP contribution is -2.46. The molecule has 6 heteroatoms. The van der Waals surface area contributed by atoms with E-state index < -0.39 is 11.9 Å². The van der Waals surface area contributed by atoms with Crippen LogP contribution in [0.1, 0.15) is 29.9 Å². The van der Waals surface area contributed by atoms with Gasteiger partial charge in [0.1, 0.15) is 0 Å². The molecule has 0 bridgehead atoms. The standard InChI is InChI=1S/C24H27N3O3/c28-23(29)20(14-19-15-25-22-9-5-4-8-21(19)22)16-26-24(30)27-12-10-18(11-13-27)17-6-2-1-3-7-17/h1-9,15,18,20,25H,10-14,16H2,(H,26,30)(H,28,29). The molecule has 0 aliphatic carbocycles. The van der Waals surface area contributed by atoms with Crippen molar-refractivity contribution in [2.24, 2.45) is 5.92 Å². The predicted molar refractivity (Wildman–Crippen MR) is 117 cm³/mol. The molecule has 1 fully saturated rings. The Morgan fingerprint density at radius 2 is 1.77 bits per heavy atom. The molecule has 2 aromatic carbocycles. The highest BCUT2D eigenvalue weighted by atomic mass is 16.4.